The van der Waals surface area contributed by atoms with Gasteiger partial charge in [-0.25, -0.2) is 9.97 Å². The van der Waals surface area contributed by atoms with Gasteiger partial charge in [0.05, 0.1) is 33.6 Å². The lowest BCUT2D eigenvalue weighted by Crippen LogP contribution is -2.42. The highest BCUT2D eigenvalue weighted by atomic mass is 15.3. The summed E-state index contributed by atoms with van der Waals surface area (Å²) in [6.45, 7) is 2.33. The Morgan fingerprint density at radius 2 is 1.09 bits per heavy atom. The number of allylic oxidation sites excluding steroid dienone is 2. The highest BCUT2D eigenvalue weighted by Gasteiger charge is 2.49. The van der Waals surface area contributed by atoms with Crippen LogP contribution in [0.25, 0.3) is 72.3 Å². The molecule has 7 aromatic carbocycles. The first-order valence-corrected chi connectivity index (χ1v) is 19.6. The molecule has 1 aliphatic heterocycles. The summed E-state index contributed by atoms with van der Waals surface area (Å²) in [6.07, 6.45) is 9.07. The Morgan fingerprint density at radius 3 is 1.84 bits per heavy atom. The van der Waals surface area contributed by atoms with Gasteiger partial charge in [0, 0.05) is 39.1 Å². The summed E-state index contributed by atoms with van der Waals surface area (Å²) >= 11 is 0. The molecule has 2 aromatic heterocycles. The number of fused-ring (bicyclic) bond motifs is 7. The van der Waals surface area contributed by atoms with Crippen LogP contribution >= 0.6 is 0 Å². The predicted molar refractivity (Wildman–Crippen MR) is 236 cm³/mol. The summed E-state index contributed by atoms with van der Waals surface area (Å²) in [5.41, 5.74) is 14.0. The van der Waals surface area contributed by atoms with Crippen molar-refractivity contribution in [3.63, 3.8) is 0 Å². The first-order valence-electron chi connectivity index (χ1n) is 19.6. The van der Waals surface area contributed by atoms with Crippen molar-refractivity contribution in [3.05, 3.63) is 212 Å². The molecule has 0 saturated heterocycles. The lowest BCUT2D eigenvalue weighted by molar-refractivity contribution is 0.536. The van der Waals surface area contributed by atoms with Crippen LogP contribution in [0.4, 0.5) is 11.6 Å². The maximum atomic E-state index is 5.50. The molecule has 2 aliphatic rings. The zero-order chi connectivity index (χ0) is 37.9. The van der Waals surface area contributed by atoms with E-state index < -0.39 is 5.54 Å². The lowest BCUT2D eigenvalue weighted by Gasteiger charge is -2.37. The van der Waals surface area contributed by atoms with Gasteiger partial charge in [0.2, 0.25) is 5.95 Å². The van der Waals surface area contributed by atoms with Gasteiger partial charge in [0.1, 0.15) is 0 Å². The fourth-order valence-electron chi connectivity index (χ4n) is 9.11. The van der Waals surface area contributed by atoms with Crippen molar-refractivity contribution in [2.45, 2.75) is 18.4 Å². The number of benzene rings is 7. The largest absolute Gasteiger partial charge is 0.309 e. The Hall–Kier alpha value is -7.30. The second-order valence-corrected chi connectivity index (χ2v) is 15.2. The SMILES string of the molecule is CC12C=CC=CC1c1c(ccc3c4ccccc4n(-c4ccccc4)c13)N2c1nc(-c2ccc(-c3ccccc3)cc2)cc(-c2cccc(-c3ccccc3)c2)n1. The van der Waals surface area contributed by atoms with Crippen molar-refractivity contribution >= 4 is 33.4 Å². The summed E-state index contributed by atoms with van der Waals surface area (Å²) in [5, 5.41) is 2.49. The van der Waals surface area contributed by atoms with Crippen molar-refractivity contribution in [3.8, 4) is 50.5 Å². The molecular weight excluding hydrogens is 693 g/mol. The summed E-state index contributed by atoms with van der Waals surface area (Å²) < 4.78 is 2.45. The third-order valence-corrected chi connectivity index (χ3v) is 11.8. The van der Waals surface area contributed by atoms with E-state index in [2.05, 4.69) is 223 Å². The Balaban J connectivity index is 1.15. The minimum Gasteiger partial charge on any atom is -0.309 e. The van der Waals surface area contributed by atoms with Gasteiger partial charge in [-0.15, -0.1) is 0 Å². The van der Waals surface area contributed by atoms with Gasteiger partial charge >= 0.3 is 0 Å². The van der Waals surface area contributed by atoms with Crippen molar-refractivity contribution in [1.29, 1.82) is 0 Å². The number of nitrogens with zero attached hydrogens (tertiary/aromatic N) is 4. The molecule has 57 heavy (non-hydrogen) atoms. The maximum Gasteiger partial charge on any atom is 0.231 e. The van der Waals surface area contributed by atoms with E-state index in [1.54, 1.807) is 0 Å². The average molecular weight is 731 g/mol. The minimum absolute atomic E-state index is 0.0512. The molecule has 9 aromatic rings. The molecule has 270 valence electrons. The second kappa shape index (κ2) is 13.2. The molecule has 4 nitrogen and oxygen atoms in total. The predicted octanol–water partition coefficient (Wildman–Crippen LogP) is 13.4. The van der Waals surface area contributed by atoms with Crippen LogP contribution in [0.5, 0.6) is 0 Å². The zero-order valence-electron chi connectivity index (χ0n) is 31.5. The normalized spacial score (nSPS) is 16.9. The monoisotopic (exact) mass is 730 g/mol. The van der Waals surface area contributed by atoms with Crippen molar-refractivity contribution < 1.29 is 0 Å². The number of aromatic nitrogens is 3. The van der Waals surface area contributed by atoms with E-state index in [0.717, 1.165) is 39.5 Å². The van der Waals surface area contributed by atoms with Crippen LogP contribution < -0.4 is 4.90 Å². The van der Waals surface area contributed by atoms with E-state index >= 15 is 0 Å². The fraction of sp³-hybridized carbons (Fsp3) is 0.0566. The smallest absolute Gasteiger partial charge is 0.231 e. The Bertz CT molecular complexity index is 3020. The van der Waals surface area contributed by atoms with Gasteiger partial charge in [-0.1, -0.05) is 170 Å². The van der Waals surface area contributed by atoms with Crippen molar-refractivity contribution in [1.82, 2.24) is 14.5 Å². The molecule has 4 heteroatoms. The molecule has 0 saturated carbocycles. The van der Waals surface area contributed by atoms with E-state index in [4.69, 9.17) is 9.97 Å². The summed E-state index contributed by atoms with van der Waals surface area (Å²) in [4.78, 5) is 13.4. The van der Waals surface area contributed by atoms with Gasteiger partial charge in [-0.2, -0.15) is 0 Å². The quantitative estimate of drug-likeness (QED) is 0.171. The molecule has 0 spiro atoms. The second-order valence-electron chi connectivity index (χ2n) is 15.2. The highest BCUT2D eigenvalue weighted by Crippen LogP contribution is 2.56. The summed E-state index contributed by atoms with van der Waals surface area (Å²) in [6, 6.07) is 64.8. The van der Waals surface area contributed by atoms with Gasteiger partial charge in [0.25, 0.3) is 0 Å². The van der Waals surface area contributed by atoms with E-state index in [0.29, 0.717) is 5.95 Å². The third-order valence-electron chi connectivity index (χ3n) is 11.8. The molecule has 2 atom stereocenters. The Morgan fingerprint density at radius 1 is 0.491 bits per heavy atom. The van der Waals surface area contributed by atoms with Gasteiger partial charge in [-0.3, -0.25) is 4.90 Å². The molecule has 3 heterocycles. The molecule has 0 bridgehead atoms. The highest BCUT2D eigenvalue weighted by molar-refractivity contribution is 6.12. The van der Waals surface area contributed by atoms with Gasteiger partial charge < -0.3 is 4.57 Å². The Kier molecular flexibility index (Phi) is 7.65. The topological polar surface area (TPSA) is 34.0 Å². The van der Waals surface area contributed by atoms with Crippen LogP contribution in [-0.4, -0.2) is 20.1 Å². The van der Waals surface area contributed by atoms with E-state index in [1.165, 1.54) is 44.1 Å². The average Bonchev–Trinajstić information content (AvgIpc) is 3.76. The van der Waals surface area contributed by atoms with Crippen LogP contribution in [0.2, 0.25) is 0 Å². The minimum atomic E-state index is -0.470. The van der Waals surface area contributed by atoms with E-state index in [1.807, 2.05) is 0 Å². The van der Waals surface area contributed by atoms with Crippen LogP contribution in [0, 0.1) is 0 Å². The van der Waals surface area contributed by atoms with Gasteiger partial charge in [-0.05, 0) is 65.6 Å². The van der Waals surface area contributed by atoms with E-state index in [9.17, 15) is 0 Å². The fourth-order valence-corrected chi connectivity index (χ4v) is 9.11. The molecular formula is C53H38N4. The van der Waals surface area contributed by atoms with Crippen molar-refractivity contribution in [2.24, 2.45) is 0 Å². The van der Waals surface area contributed by atoms with E-state index in [-0.39, 0.29) is 5.92 Å². The first kappa shape index (κ1) is 33.1. The maximum absolute atomic E-state index is 5.50. The lowest BCUT2D eigenvalue weighted by atomic mass is 9.80. The standard InChI is InChI=1S/C53H38N4/c1-53-33-14-13-25-45(53)50-49(32-31-44-43-24-11-12-26-48(43)56(51(44)50)42-22-9-4-10-23-42)57(53)52-54-46(39-29-27-38(28-30-39)36-16-5-2-6-17-36)35-47(55-52)41-21-15-20-40(34-41)37-18-7-3-8-19-37/h2-35,45H,1H3. The number of hydrogen-bond acceptors (Lipinski definition) is 3. The van der Waals surface area contributed by atoms with Crippen molar-refractivity contribution in [2.75, 3.05) is 4.90 Å². The molecule has 2 unspecified atom stereocenters. The summed E-state index contributed by atoms with van der Waals surface area (Å²) in [7, 11) is 0. The Labute approximate surface area is 332 Å². The molecule has 0 radical (unpaired) electrons. The van der Waals surface area contributed by atoms with Gasteiger partial charge in [0.15, 0.2) is 0 Å². The van der Waals surface area contributed by atoms with Crippen LogP contribution in [-0.2, 0) is 0 Å². The molecule has 11 rings (SSSR count). The summed E-state index contributed by atoms with van der Waals surface area (Å²) in [5.74, 6) is 0.725. The zero-order valence-corrected chi connectivity index (χ0v) is 31.5. The van der Waals surface area contributed by atoms with Crippen LogP contribution in [0.1, 0.15) is 18.4 Å². The number of rotatable bonds is 6. The number of hydrogen-bond donors (Lipinski definition) is 0. The molecule has 0 fully saturated rings. The number of para-hydroxylation sites is 2. The third kappa shape index (κ3) is 5.37. The first-order chi connectivity index (χ1) is 28.1. The molecule has 1 aliphatic carbocycles. The van der Waals surface area contributed by atoms with Crippen LogP contribution in [0.15, 0.2) is 206 Å². The molecule has 0 amide bonds. The number of anilines is 2. The van der Waals surface area contributed by atoms with Crippen LogP contribution in [0.3, 0.4) is 0 Å². The molecule has 0 N–H and O–H groups in total.